The number of aromatic nitrogens is 1. The van der Waals surface area contributed by atoms with Gasteiger partial charge in [-0.15, -0.1) is 0 Å². The molecule has 1 aromatic rings. The third-order valence-electron chi connectivity index (χ3n) is 3.68. The molecule has 104 valence electrons. The molecule has 0 unspecified atom stereocenters. The summed E-state index contributed by atoms with van der Waals surface area (Å²) in [5.41, 5.74) is 7.86. The average Bonchev–Trinajstić information content (AvgIpc) is 3.14. The van der Waals surface area contributed by atoms with Crippen LogP contribution in [0.3, 0.4) is 0 Å². The molecule has 0 spiro atoms. The van der Waals surface area contributed by atoms with Gasteiger partial charge in [0.2, 0.25) is 0 Å². The van der Waals surface area contributed by atoms with Gasteiger partial charge in [0.1, 0.15) is 10.8 Å². The van der Waals surface area contributed by atoms with Crippen LogP contribution in [0.1, 0.15) is 30.5 Å². The summed E-state index contributed by atoms with van der Waals surface area (Å²) in [6.45, 7) is 3.70. The third-order valence-corrected chi connectivity index (χ3v) is 3.91. The second kappa shape index (κ2) is 5.84. The van der Waals surface area contributed by atoms with Crippen molar-refractivity contribution < 1.29 is 4.74 Å². The van der Waals surface area contributed by atoms with Crippen LogP contribution in [0.15, 0.2) is 12.1 Å². The maximum atomic E-state index is 5.67. The Bertz CT molecular complexity index is 472. The molecule has 3 N–H and O–H groups in total. The van der Waals surface area contributed by atoms with E-state index in [1.54, 1.807) is 7.11 Å². The van der Waals surface area contributed by atoms with Crippen molar-refractivity contribution in [3.8, 4) is 0 Å². The van der Waals surface area contributed by atoms with Gasteiger partial charge in [-0.2, -0.15) is 0 Å². The maximum absolute atomic E-state index is 5.67. The van der Waals surface area contributed by atoms with Crippen molar-refractivity contribution in [2.75, 3.05) is 25.6 Å². The number of hydrogen-bond acceptors (Lipinski definition) is 4. The number of aryl methyl sites for hydroxylation is 1. The van der Waals surface area contributed by atoms with E-state index in [-0.39, 0.29) is 0 Å². The second-order valence-electron chi connectivity index (χ2n) is 5.34. The number of nitrogens with two attached hydrogens (primary N) is 1. The van der Waals surface area contributed by atoms with Crippen LogP contribution in [-0.4, -0.2) is 30.2 Å². The van der Waals surface area contributed by atoms with Crippen LogP contribution in [-0.2, 0) is 4.74 Å². The Hall–Kier alpha value is -1.20. The molecule has 1 aromatic heterocycles. The van der Waals surface area contributed by atoms with Gasteiger partial charge in [-0.05, 0) is 43.7 Å². The van der Waals surface area contributed by atoms with E-state index in [0.717, 1.165) is 36.6 Å². The lowest BCUT2D eigenvalue weighted by Crippen LogP contribution is -2.19. The van der Waals surface area contributed by atoms with Crippen LogP contribution in [0.4, 0.5) is 5.82 Å². The number of thiocarbonyl (C=S) groups is 1. The van der Waals surface area contributed by atoms with E-state index < -0.39 is 0 Å². The van der Waals surface area contributed by atoms with Gasteiger partial charge in [0, 0.05) is 31.5 Å². The van der Waals surface area contributed by atoms with E-state index in [4.69, 9.17) is 22.7 Å². The zero-order valence-corrected chi connectivity index (χ0v) is 12.3. The molecule has 19 heavy (non-hydrogen) atoms. The Morgan fingerprint density at radius 1 is 1.53 bits per heavy atom. The minimum atomic E-state index is 0.394. The monoisotopic (exact) mass is 279 g/mol. The average molecular weight is 279 g/mol. The van der Waals surface area contributed by atoms with Gasteiger partial charge < -0.3 is 15.8 Å². The molecule has 1 aliphatic rings. The topological polar surface area (TPSA) is 60.2 Å². The standard InChI is InChI=1S/C14H21N3OS/c1-10-7-11(13(15)19)8-12(17-10)16-9-14(3-4-14)5-6-18-2/h7-8H,3-6,9H2,1-2H3,(H2,15,19)(H,16,17). The van der Waals surface area contributed by atoms with Gasteiger partial charge in [0.25, 0.3) is 0 Å². The molecule has 0 bridgehead atoms. The molecule has 0 radical (unpaired) electrons. The molecule has 1 fully saturated rings. The Morgan fingerprint density at radius 2 is 2.26 bits per heavy atom. The minimum Gasteiger partial charge on any atom is -0.389 e. The van der Waals surface area contributed by atoms with Gasteiger partial charge in [0.15, 0.2) is 0 Å². The van der Waals surface area contributed by atoms with Crippen molar-refractivity contribution in [3.63, 3.8) is 0 Å². The van der Waals surface area contributed by atoms with Crippen LogP contribution in [0, 0.1) is 12.3 Å². The van der Waals surface area contributed by atoms with Crippen molar-refractivity contribution in [2.24, 2.45) is 11.1 Å². The van der Waals surface area contributed by atoms with Crippen LogP contribution in [0.2, 0.25) is 0 Å². The maximum Gasteiger partial charge on any atom is 0.126 e. The number of nitrogens with one attached hydrogen (secondary N) is 1. The van der Waals surface area contributed by atoms with Crippen molar-refractivity contribution in [1.82, 2.24) is 4.98 Å². The second-order valence-corrected chi connectivity index (χ2v) is 5.78. The lowest BCUT2D eigenvalue weighted by molar-refractivity contribution is 0.175. The largest absolute Gasteiger partial charge is 0.389 e. The van der Waals surface area contributed by atoms with E-state index in [0.29, 0.717) is 10.4 Å². The summed E-state index contributed by atoms with van der Waals surface area (Å²) in [5, 5.41) is 3.41. The van der Waals surface area contributed by atoms with Gasteiger partial charge in [0.05, 0.1) is 0 Å². The van der Waals surface area contributed by atoms with Crippen LogP contribution in [0.25, 0.3) is 0 Å². The first-order chi connectivity index (χ1) is 9.04. The fourth-order valence-corrected chi connectivity index (χ4v) is 2.31. The molecule has 5 heteroatoms. The molecule has 2 rings (SSSR count). The summed E-state index contributed by atoms with van der Waals surface area (Å²) in [7, 11) is 1.75. The molecule has 1 heterocycles. The zero-order valence-electron chi connectivity index (χ0n) is 11.5. The molecule has 0 atom stereocenters. The smallest absolute Gasteiger partial charge is 0.126 e. The quantitative estimate of drug-likeness (QED) is 0.750. The van der Waals surface area contributed by atoms with E-state index in [1.807, 2.05) is 19.1 Å². The Morgan fingerprint density at radius 3 is 2.84 bits per heavy atom. The Kier molecular flexibility index (Phi) is 4.37. The third kappa shape index (κ3) is 3.88. The molecule has 1 aliphatic carbocycles. The number of rotatable bonds is 7. The number of nitrogens with zero attached hydrogens (tertiary/aromatic N) is 1. The number of anilines is 1. The summed E-state index contributed by atoms with van der Waals surface area (Å²) in [5.74, 6) is 0.853. The van der Waals surface area contributed by atoms with Crippen LogP contribution in [0.5, 0.6) is 0 Å². The van der Waals surface area contributed by atoms with E-state index in [2.05, 4.69) is 10.3 Å². The Labute approximate surface area is 119 Å². The molecule has 0 amide bonds. The molecule has 1 saturated carbocycles. The normalized spacial score (nSPS) is 16.1. The number of hydrogen-bond donors (Lipinski definition) is 2. The van der Waals surface area contributed by atoms with Crippen molar-refractivity contribution in [1.29, 1.82) is 0 Å². The van der Waals surface area contributed by atoms with Crippen molar-refractivity contribution >= 4 is 23.0 Å². The summed E-state index contributed by atoms with van der Waals surface area (Å²) in [6.07, 6.45) is 3.62. The van der Waals surface area contributed by atoms with E-state index in [9.17, 15) is 0 Å². The van der Waals surface area contributed by atoms with Crippen molar-refractivity contribution in [3.05, 3.63) is 23.4 Å². The predicted molar refractivity (Wildman–Crippen MR) is 81.5 cm³/mol. The predicted octanol–water partition coefficient (Wildman–Crippen LogP) is 2.25. The van der Waals surface area contributed by atoms with Gasteiger partial charge in [-0.3, -0.25) is 0 Å². The molecule has 0 aliphatic heterocycles. The first kappa shape index (κ1) is 14.2. The summed E-state index contributed by atoms with van der Waals surface area (Å²) in [4.78, 5) is 4.88. The first-order valence-corrected chi connectivity index (χ1v) is 6.97. The highest BCUT2D eigenvalue weighted by molar-refractivity contribution is 7.80. The number of methoxy groups -OCH3 is 1. The van der Waals surface area contributed by atoms with Gasteiger partial charge in [-0.25, -0.2) is 4.98 Å². The van der Waals surface area contributed by atoms with Crippen LogP contribution >= 0.6 is 12.2 Å². The summed E-state index contributed by atoms with van der Waals surface area (Å²) < 4.78 is 5.16. The lowest BCUT2D eigenvalue weighted by atomic mass is 10.0. The Balaban J connectivity index is 1.98. The first-order valence-electron chi connectivity index (χ1n) is 6.56. The molecular weight excluding hydrogens is 258 g/mol. The fourth-order valence-electron chi connectivity index (χ4n) is 2.19. The highest BCUT2D eigenvalue weighted by Crippen LogP contribution is 2.48. The SMILES string of the molecule is COCCC1(CNc2cc(C(N)=S)cc(C)n2)CC1. The van der Waals surface area contributed by atoms with Crippen molar-refractivity contribution in [2.45, 2.75) is 26.2 Å². The highest BCUT2D eigenvalue weighted by atomic mass is 32.1. The summed E-state index contributed by atoms with van der Waals surface area (Å²) in [6, 6.07) is 3.83. The highest BCUT2D eigenvalue weighted by Gasteiger charge is 2.41. The molecule has 4 nitrogen and oxygen atoms in total. The van der Waals surface area contributed by atoms with Gasteiger partial charge >= 0.3 is 0 Å². The lowest BCUT2D eigenvalue weighted by Gasteiger charge is -2.16. The number of pyridine rings is 1. The molecular formula is C14H21N3OS. The fraction of sp³-hybridized carbons (Fsp3) is 0.571. The van der Waals surface area contributed by atoms with E-state index >= 15 is 0 Å². The summed E-state index contributed by atoms with van der Waals surface area (Å²) >= 11 is 5.01. The molecule has 0 aromatic carbocycles. The van der Waals surface area contributed by atoms with E-state index in [1.165, 1.54) is 12.8 Å². The van der Waals surface area contributed by atoms with Crippen LogP contribution < -0.4 is 11.1 Å². The zero-order chi connectivity index (χ0) is 13.9. The van der Waals surface area contributed by atoms with Gasteiger partial charge in [-0.1, -0.05) is 12.2 Å². The number of ether oxygens (including phenoxy) is 1. The minimum absolute atomic E-state index is 0.394. The molecule has 0 saturated heterocycles.